The van der Waals surface area contributed by atoms with Gasteiger partial charge < -0.3 is 10.2 Å². The summed E-state index contributed by atoms with van der Waals surface area (Å²) >= 11 is 3.26. The van der Waals surface area contributed by atoms with Crippen LogP contribution in [0.15, 0.2) is 22.7 Å². The van der Waals surface area contributed by atoms with Gasteiger partial charge in [0.05, 0.1) is 4.92 Å². The molecule has 1 rings (SSSR count). The third kappa shape index (κ3) is 3.92. The summed E-state index contributed by atoms with van der Waals surface area (Å²) in [5, 5.41) is 13.7. The Hall–Kier alpha value is -1.63. The van der Waals surface area contributed by atoms with Crippen LogP contribution in [-0.2, 0) is 4.79 Å². The minimum Gasteiger partial charge on any atom is -0.373 e. The van der Waals surface area contributed by atoms with Crippen LogP contribution in [0.4, 0.5) is 11.4 Å². The van der Waals surface area contributed by atoms with Crippen LogP contribution in [0, 0.1) is 10.1 Å². The van der Waals surface area contributed by atoms with Crippen LogP contribution >= 0.6 is 15.9 Å². The minimum atomic E-state index is -0.464. The normalized spacial score (nSPS) is 11.8. The van der Waals surface area contributed by atoms with Crippen molar-refractivity contribution in [1.82, 2.24) is 4.90 Å². The number of benzene rings is 1. The molecule has 1 atom stereocenters. The molecule has 1 N–H and O–H groups in total. The summed E-state index contributed by atoms with van der Waals surface area (Å²) in [7, 11) is 1.73. The summed E-state index contributed by atoms with van der Waals surface area (Å²) in [5.74, 6) is -0.0345. The fourth-order valence-corrected chi connectivity index (χ4v) is 2.00. The van der Waals surface area contributed by atoms with Gasteiger partial charge in [-0.3, -0.25) is 14.9 Å². The predicted molar refractivity (Wildman–Crippen MR) is 77.2 cm³/mol. The highest BCUT2D eigenvalue weighted by Crippen LogP contribution is 2.27. The summed E-state index contributed by atoms with van der Waals surface area (Å²) in [4.78, 5) is 23.7. The van der Waals surface area contributed by atoms with Crippen molar-refractivity contribution in [3.05, 3.63) is 32.8 Å². The number of carbonyl (C=O) groups is 1. The largest absolute Gasteiger partial charge is 0.373 e. The predicted octanol–water partition coefficient (Wildman–Crippen LogP) is 2.64. The van der Waals surface area contributed by atoms with Crippen molar-refractivity contribution >= 4 is 33.2 Å². The van der Waals surface area contributed by atoms with E-state index in [-0.39, 0.29) is 11.6 Å². The van der Waals surface area contributed by atoms with Crippen LogP contribution in [0.2, 0.25) is 0 Å². The van der Waals surface area contributed by atoms with Gasteiger partial charge in [0.15, 0.2) is 0 Å². The summed E-state index contributed by atoms with van der Waals surface area (Å²) in [6.07, 6.45) is 0. The van der Waals surface area contributed by atoms with E-state index >= 15 is 0 Å². The second kappa shape index (κ2) is 6.51. The maximum absolute atomic E-state index is 11.9. The van der Waals surface area contributed by atoms with Crippen LogP contribution in [0.1, 0.15) is 13.8 Å². The number of nitrogens with zero attached hydrogens (tertiary/aromatic N) is 2. The molecule has 0 fully saturated rings. The van der Waals surface area contributed by atoms with Crippen LogP contribution in [0.3, 0.4) is 0 Å². The number of halogens is 1. The van der Waals surface area contributed by atoms with Gasteiger partial charge in [-0.2, -0.15) is 0 Å². The average molecular weight is 330 g/mol. The van der Waals surface area contributed by atoms with E-state index in [1.54, 1.807) is 24.9 Å². The molecule has 0 bridgehead atoms. The molecule has 0 aliphatic carbocycles. The van der Waals surface area contributed by atoms with E-state index in [0.29, 0.717) is 16.7 Å². The zero-order chi connectivity index (χ0) is 14.6. The lowest BCUT2D eigenvalue weighted by molar-refractivity contribution is -0.384. The van der Waals surface area contributed by atoms with Gasteiger partial charge in [-0.05, 0) is 35.8 Å². The maximum atomic E-state index is 11.9. The molecule has 0 saturated carbocycles. The number of anilines is 1. The lowest BCUT2D eigenvalue weighted by atomic mass is 10.2. The molecular formula is C12H16BrN3O3. The lowest BCUT2D eigenvalue weighted by Crippen LogP contribution is -2.38. The van der Waals surface area contributed by atoms with E-state index in [9.17, 15) is 14.9 Å². The Morgan fingerprint density at radius 1 is 1.58 bits per heavy atom. The minimum absolute atomic E-state index is 0.00193. The highest BCUT2D eigenvalue weighted by molar-refractivity contribution is 9.10. The Morgan fingerprint density at radius 3 is 2.68 bits per heavy atom. The molecule has 6 nitrogen and oxygen atoms in total. The van der Waals surface area contributed by atoms with Crippen molar-refractivity contribution in [3.63, 3.8) is 0 Å². The maximum Gasteiger partial charge on any atom is 0.270 e. The Kier molecular flexibility index (Phi) is 5.29. The van der Waals surface area contributed by atoms with Crippen LogP contribution in [0.25, 0.3) is 0 Å². The number of non-ortho nitro benzene ring substituents is 1. The van der Waals surface area contributed by atoms with E-state index < -0.39 is 11.0 Å². The van der Waals surface area contributed by atoms with Gasteiger partial charge in [0.2, 0.25) is 5.91 Å². The standard InChI is InChI=1S/C12H16BrN3O3/c1-4-15(3)12(17)8(2)14-11-6-5-9(16(18)19)7-10(11)13/h5-8,14H,4H2,1-3H3. The molecular weight excluding hydrogens is 314 g/mol. The molecule has 0 aliphatic heterocycles. The molecule has 1 aromatic carbocycles. The first-order chi connectivity index (χ1) is 8.86. The van der Waals surface area contributed by atoms with Gasteiger partial charge in [0.25, 0.3) is 5.69 Å². The van der Waals surface area contributed by atoms with Crippen LogP contribution in [0.5, 0.6) is 0 Å². The third-order valence-corrected chi connectivity index (χ3v) is 3.41. The molecule has 104 valence electrons. The van der Waals surface area contributed by atoms with Gasteiger partial charge in [-0.25, -0.2) is 0 Å². The number of nitro benzene ring substituents is 1. The van der Waals surface area contributed by atoms with E-state index in [2.05, 4.69) is 21.2 Å². The number of rotatable bonds is 5. The van der Waals surface area contributed by atoms with Gasteiger partial charge in [-0.1, -0.05) is 0 Å². The van der Waals surface area contributed by atoms with E-state index in [1.165, 1.54) is 12.1 Å². The Bertz CT molecular complexity index is 493. The molecule has 1 amide bonds. The Balaban J connectivity index is 2.83. The molecule has 0 aliphatic rings. The summed E-state index contributed by atoms with van der Waals surface area (Å²) in [5.41, 5.74) is 0.651. The summed E-state index contributed by atoms with van der Waals surface area (Å²) < 4.78 is 0.556. The number of nitrogens with one attached hydrogen (secondary N) is 1. The number of nitro groups is 1. The van der Waals surface area contributed by atoms with Crippen LogP contribution in [-0.4, -0.2) is 35.4 Å². The van der Waals surface area contributed by atoms with Gasteiger partial charge in [0, 0.05) is 35.9 Å². The molecule has 0 radical (unpaired) electrons. The summed E-state index contributed by atoms with van der Waals surface area (Å²) in [6, 6.07) is 3.98. The molecule has 0 heterocycles. The Morgan fingerprint density at radius 2 is 2.21 bits per heavy atom. The molecule has 19 heavy (non-hydrogen) atoms. The molecule has 0 saturated heterocycles. The fraction of sp³-hybridized carbons (Fsp3) is 0.417. The van der Waals surface area contributed by atoms with E-state index in [0.717, 1.165) is 0 Å². The van der Waals surface area contributed by atoms with Crippen molar-refractivity contribution in [3.8, 4) is 0 Å². The third-order valence-electron chi connectivity index (χ3n) is 2.76. The highest BCUT2D eigenvalue weighted by Gasteiger charge is 2.17. The number of hydrogen-bond donors (Lipinski definition) is 1. The zero-order valence-corrected chi connectivity index (χ0v) is 12.6. The number of carbonyl (C=O) groups excluding carboxylic acids is 1. The van der Waals surface area contributed by atoms with Crippen molar-refractivity contribution in [2.75, 3.05) is 18.9 Å². The van der Waals surface area contributed by atoms with Crippen molar-refractivity contribution in [2.45, 2.75) is 19.9 Å². The SMILES string of the molecule is CCN(C)C(=O)C(C)Nc1ccc([N+](=O)[O-])cc1Br. The smallest absolute Gasteiger partial charge is 0.270 e. The van der Waals surface area contributed by atoms with Crippen molar-refractivity contribution < 1.29 is 9.72 Å². The first-order valence-electron chi connectivity index (χ1n) is 5.82. The first-order valence-corrected chi connectivity index (χ1v) is 6.61. The second-order valence-corrected chi connectivity index (χ2v) is 4.99. The zero-order valence-electron chi connectivity index (χ0n) is 11.0. The van der Waals surface area contributed by atoms with E-state index in [4.69, 9.17) is 0 Å². The quantitative estimate of drug-likeness (QED) is 0.665. The Labute approximate surface area is 120 Å². The topological polar surface area (TPSA) is 75.5 Å². The fourth-order valence-electron chi connectivity index (χ4n) is 1.52. The number of amides is 1. The number of hydrogen-bond acceptors (Lipinski definition) is 4. The van der Waals surface area contributed by atoms with E-state index in [1.807, 2.05) is 6.92 Å². The number of likely N-dealkylation sites (N-methyl/N-ethyl adjacent to an activating group) is 1. The highest BCUT2D eigenvalue weighted by atomic mass is 79.9. The van der Waals surface area contributed by atoms with Gasteiger partial charge >= 0.3 is 0 Å². The van der Waals surface area contributed by atoms with Gasteiger partial charge in [-0.15, -0.1) is 0 Å². The van der Waals surface area contributed by atoms with Crippen molar-refractivity contribution in [1.29, 1.82) is 0 Å². The molecule has 1 aromatic rings. The summed E-state index contributed by atoms with van der Waals surface area (Å²) in [6.45, 7) is 4.28. The average Bonchev–Trinajstić information content (AvgIpc) is 2.38. The molecule has 0 aromatic heterocycles. The second-order valence-electron chi connectivity index (χ2n) is 4.14. The van der Waals surface area contributed by atoms with Gasteiger partial charge in [0.1, 0.15) is 6.04 Å². The van der Waals surface area contributed by atoms with Crippen LogP contribution < -0.4 is 5.32 Å². The molecule has 1 unspecified atom stereocenters. The molecule has 0 spiro atoms. The first kappa shape index (κ1) is 15.4. The lowest BCUT2D eigenvalue weighted by Gasteiger charge is -2.21. The molecule has 7 heteroatoms. The van der Waals surface area contributed by atoms with Crippen molar-refractivity contribution in [2.24, 2.45) is 0 Å². The monoisotopic (exact) mass is 329 g/mol.